The Hall–Kier alpha value is -2.11. The van der Waals surface area contributed by atoms with Crippen molar-refractivity contribution in [1.29, 1.82) is 0 Å². The number of phosphoric acid groups is 1. The van der Waals surface area contributed by atoms with Gasteiger partial charge < -0.3 is 14.4 Å². The minimum atomic E-state index is -4.52. The van der Waals surface area contributed by atoms with Gasteiger partial charge in [-0.15, -0.1) is 0 Å². The Bertz CT molecular complexity index is 1190. The highest BCUT2D eigenvalue weighted by Gasteiger charge is 2.63. The number of rotatable bonds is 4. The van der Waals surface area contributed by atoms with E-state index in [1.54, 1.807) is 18.2 Å². The molecule has 0 saturated carbocycles. The zero-order valence-corrected chi connectivity index (χ0v) is 16.7. The van der Waals surface area contributed by atoms with Crippen molar-refractivity contribution < 1.29 is 32.4 Å². The van der Waals surface area contributed by atoms with E-state index in [0.717, 1.165) is 12.3 Å². The fraction of sp³-hybridized carbons (Fsp3) is 0.375. The van der Waals surface area contributed by atoms with Crippen LogP contribution in [-0.4, -0.2) is 55.6 Å². The summed E-state index contributed by atoms with van der Waals surface area (Å²) in [6.07, 6.45) is -1.98. The zero-order chi connectivity index (χ0) is 22.7. The Balaban J connectivity index is 1.62. The predicted octanol–water partition coefficient (Wildman–Crippen LogP) is -0.513. The van der Waals surface area contributed by atoms with E-state index in [-0.39, 0.29) is 12.4 Å². The monoisotopic (exact) mass is 444 g/mol. The number of aliphatic hydroxyl groups excluding tert-OH is 1. The fourth-order valence-corrected chi connectivity index (χ4v) is 4.58. The molecule has 3 heterocycles. The molecule has 0 aliphatic carbocycles. The molecule has 0 spiro atoms. The maximum atomic E-state index is 15.7. The largest absolute Gasteiger partial charge is 0.529 e. The average molecular weight is 444 g/mol. The summed E-state index contributed by atoms with van der Waals surface area (Å²) in [6, 6.07) is 7.33. The molecule has 31 heavy (non-hydrogen) atoms. The molecule has 10 nitrogen and oxygen atoms in total. The second-order valence-corrected chi connectivity index (χ2v) is 8.60. The number of phosphoric ester groups is 1. The van der Waals surface area contributed by atoms with Crippen LogP contribution in [0.3, 0.4) is 0 Å². The number of H-pyrrole nitrogens is 1. The molecule has 156 valence electrons. The molecule has 2 aliphatic rings. The lowest BCUT2D eigenvalue weighted by molar-refractivity contribution is -0.219. The molecule has 4 rings (SSSR count). The van der Waals surface area contributed by atoms with E-state index in [1.165, 1.54) is 6.07 Å². The van der Waals surface area contributed by atoms with Crippen molar-refractivity contribution in [2.24, 2.45) is 0 Å². The number of halogens is 1. The minimum Gasteiger partial charge on any atom is -0.404 e. The first kappa shape index (κ1) is 22.1. The van der Waals surface area contributed by atoms with Gasteiger partial charge in [0, 0.05) is 24.2 Å². The SMILES string of the molecule is [B]C([B])(OP1(=O)OCc2ccccc2O1)[C@]1(F)C[C@@H](O)[C@]([B])(n2ccc(=O)[nH]c2=O)O1. The molecule has 1 fully saturated rings. The summed E-state index contributed by atoms with van der Waals surface area (Å²) < 4.78 is 49.4. The predicted molar refractivity (Wildman–Crippen MR) is 105 cm³/mol. The zero-order valence-electron chi connectivity index (χ0n) is 15.8. The minimum absolute atomic E-state index is 0.154. The summed E-state index contributed by atoms with van der Waals surface area (Å²) in [7, 11) is 12.8. The van der Waals surface area contributed by atoms with E-state index in [0.29, 0.717) is 10.1 Å². The summed E-state index contributed by atoms with van der Waals surface area (Å²) in [5, 5.41) is 7.34. The summed E-state index contributed by atoms with van der Waals surface area (Å²) in [6.45, 7) is -0.195. The van der Waals surface area contributed by atoms with Crippen LogP contribution in [0.4, 0.5) is 4.39 Å². The molecule has 1 aromatic heterocycles. The first-order valence-corrected chi connectivity index (χ1v) is 10.3. The molecule has 2 N–H and O–H groups in total. The van der Waals surface area contributed by atoms with Crippen LogP contribution >= 0.6 is 7.82 Å². The number of hydrogen-bond acceptors (Lipinski definition) is 8. The molecule has 4 atom stereocenters. The standard InChI is InChI=1S/C16H13B3FN2O8P/c17-15(22-6-5-12(24)21-13(22)25)11(23)7-14(20,29-15)16(18,19)30-31(26)27-8-9-3-1-2-4-10(9)28-31/h1-6,11,23H,7-8H2,(H,21,24,25)/t11-,14+,15+,31?/m1/s1. The molecule has 6 radical (unpaired) electrons. The van der Waals surface area contributed by atoms with Gasteiger partial charge in [0.2, 0.25) is 5.85 Å². The van der Waals surface area contributed by atoms with Crippen molar-refractivity contribution in [2.75, 3.05) is 0 Å². The number of benzene rings is 1. The maximum Gasteiger partial charge on any atom is 0.529 e. The first-order valence-electron chi connectivity index (χ1n) is 8.87. The molecule has 0 amide bonds. The quantitative estimate of drug-likeness (QED) is 0.477. The molecule has 15 heteroatoms. The van der Waals surface area contributed by atoms with Crippen molar-refractivity contribution in [3.8, 4) is 5.75 Å². The van der Waals surface area contributed by atoms with E-state index in [4.69, 9.17) is 41.8 Å². The van der Waals surface area contributed by atoms with Gasteiger partial charge in [0.1, 0.15) is 34.9 Å². The second-order valence-electron chi connectivity index (χ2n) is 7.09. The highest BCUT2D eigenvalue weighted by molar-refractivity contribution is 7.49. The number of fused-ring (bicyclic) bond motifs is 1. The van der Waals surface area contributed by atoms with Crippen LogP contribution in [0.2, 0.25) is 0 Å². The third kappa shape index (κ3) is 3.72. The lowest BCUT2D eigenvalue weighted by atomic mass is 9.60. The molecule has 1 unspecified atom stereocenters. The van der Waals surface area contributed by atoms with E-state index in [9.17, 15) is 19.3 Å². The Morgan fingerprint density at radius 3 is 2.74 bits per heavy atom. The van der Waals surface area contributed by atoms with Crippen molar-refractivity contribution >= 4 is 31.4 Å². The number of aromatic nitrogens is 2. The first-order chi connectivity index (χ1) is 14.4. The topological polar surface area (TPSA) is 129 Å². The number of nitrogens with zero attached hydrogens (tertiary/aromatic N) is 1. The van der Waals surface area contributed by atoms with Gasteiger partial charge in [-0.05, 0) is 6.07 Å². The highest BCUT2D eigenvalue weighted by atomic mass is 31.2. The lowest BCUT2D eigenvalue weighted by Gasteiger charge is -2.41. The summed E-state index contributed by atoms with van der Waals surface area (Å²) in [5.74, 6) is -3.11. The molecule has 0 bridgehead atoms. The van der Waals surface area contributed by atoms with Crippen LogP contribution in [0, 0.1) is 0 Å². The highest BCUT2D eigenvalue weighted by Crippen LogP contribution is 2.59. The number of aromatic amines is 1. The van der Waals surface area contributed by atoms with Crippen molar-refractivity contribution in [2.45, 2.75) is 36.0 Å². The molecule has 2 aromatic rings. The van der Waals surface area contributed by atoms with Gasteiger partial charge in [-0.25, -0.2) is 13.8 Å². The summed E-state index contributed by atoms with van der Waals surface area (Å²) in [4.78, 5) is 25.2. The van der Waals surface area contributed by atoms with Crippen molar-refractivity contribution in [3.63, 3.8) is 0 Å². The van der Waals surface area contributed by atoms with Crippen LogP contribution in [-0.2, 0) is 30.6 Å². The normalized spacial score (nSPS) is 32.9. The fourth-order valence-electron chi connectivity index (χ4n) is 3.21. The van der Waals surface area contributed by atoms with E-state index in [2.05, 4.69) is 0 Å². The van der Waals surface area contributed by atoms with Gasteiger partial charge in [-0.2, -0.15) is 0 Å². The number of para-hydroxylation sites is 1. The van der Waals surface area contributed by atoms with Crippen LogP contribution in [0.15, 0.2) is 46.1 Å². The maximum absolute atomic E-state index is 15.7. The van der Waals surface area contributed by atoms with Crippen LogP contribution in [0.5, 0.6) is 5.75 Å². The molecular weight excluding hydrogens is 431 g/mol. The second kappa shape index (κ2) is 7.21. The van der Waals surface area contributed by atoms with Gasteiger partial charge >= 0.3 is 13.5 Å². The van der Waals surface area contributed by atoms with E-state index < -0.39 is 48.5 Å². The Morgan fingerprint density at radius 1 is 1.32 bits per heavy atom. The van der Waals surface area contributed by atoms with Crippen LogP contribution < -0.4 is 15.8 Å². The van der Waals surface area contributed by atoms with E-state index in [1.807, 2.05) is 4.98 Å². The Labute approximate surface area is 178 Å². The Morgan fingerprint density at radius 2 is 2.03 bits per heavy atom. The molecule has 1 aromatic carbocycles. The van der Waals surface area contributed by atoms with Gasteiger partial charge in [0.15, 0.2) is 0 Å². The Kier molecular flexibility index (Phi) is 5.14. The smallest absolute Gasteiger partial charge is 0.404 e. The van der Waals surface area contributed by atoms with Gasteiger partial charge in [0.25, 0.3) is 5.56 Å². The van der Waals surface area contributed by atoms with Gasteiger partial charge in [-0.3, -0.25) is 23.4 Å². The average Bonchev–Trinajstić information content (AvgIpc) is 2.91. The van der Waals surface area contributed by atoms with Crippen LogP contribution in [0.1, 0.15) is 12.0 Å². The van der Waals surface area contributed by atoms with E-state index >= 15 is 4.39 Å². The number of aliphatic hydroxyl groups is 1. The number of nitrogens with one attached hydrogen (secondary N) is 1. The van der Waals surface area contributed by atoms with Gasteiger partial charge in [0.05, 0.1) is 18.1 Å². The van der Waals surface area contributed by atoms with Crippen LogP contribution in [0.25, 0.3) is 0 Å². The van der Waals surface area contributed by atoms with Gasteiger partial charge in [-0.1, -0.05) is 18.2 Å². The third-order valence-corrected chi connectivity index (χ3v) is 6.26. The summed E-state index contributed by atoms with van der Waals surface area (Å²) in [5.41, 5.74) is -3.83. The molecule has 2 aliphatic heterocycles. The third-order valence-electron chi connectivity index (χ3n) is 4.87. The number of ether oxygens (including phenoxy) is 1. The van der Waals surface area contributed by atoms with Crippen molar-refractivity contribution in [1.82, 2.24) is 9.55 Å². The summed E-state index contributed by atoms with van der Waals surface area (Å²) >= 11 is 0. The molecule has 1 saturated heterocycles. The molecular formula is C16H13B3FN2O8P. The van der Waals surface area contributed by atoms with Crippen molar-refractivity contribution in [3.05, 3.63) is 62.9 Å². The number of alkyl halides is 1. The number of hydrogen-bond donors (Lipinski definition) is 2. The lowest BCUT2D eigenvalue weighted by Crippen LogP contribution is -2.56.